The monoisotopic (exact) mass is 611 g/mol. The molecule has 0 amide bonds. The van der Waals surface area contributed by atoms with Gasteiger partial charge in [-0.3, -0.25) is 0 Å². The van der Waals surface area contributed by atoms with Crippen molar-refractivity contribution < 1.29 is 39.5 Å². The second-order valence-corrected chi connectivity index (χ2v) is 10.0. The number of nitrogens with zero attached hydrogens (tertiary/aromatic N) is 2. The Hall–Kier alpha value is -4.09. The van der Waals surface area contributed by atoms with Crippen molar-refractivity contribution in [1.29, 1.82) is 0 Å². The van der Waals surface area contributed by atoms with Gasteiger partial charge >= 0.3 is 12.4 Å². The maximum Gasteiger partial charge on any atom is 0.417 e. The van der Waals surface area contributed by atoms with Crippen LogP contribution >= 0.6 is 0 Å². The van der Waals surface area contributed by atoms with E-state index >= 15 is 0 Å². The van der Waals surface area contributed by atoms with Gasteiger partial charge in [0, 0.05) is 41.2 Å². The van der Waals surface area contributed by atoms with Crippen LogP contribution in [0.15, 0.2) is 73.1 Å². The smallest absolute Gasteiger partial charge is 0.370 e. The summed E-state index contributed by atoms with van der Waals surface area (Å²) in [4.78, 5) is 7.38. The highest BCUT2D eigenvalue weighted by Gasteiger charge is 2.36. The molecular formula is C31H26F9N3. The second kappa shape index (κ2) is 13.5. The lowest BCUT2D eigenvalue weighted by Crippen LogP contribution is -2.17. The van der Waals surface area contributed by atoms with Crippen LogP contribution in [0.3, 0.4) is 0 Å². The van der Waals surface area contributed by atoms with E-state index in [1.54, 1.807) is 6.07 Å². The Morgan fingerprint density at radius 3 is 1.58 bits per heavy atom. The van der Waals surface area contributed by atoms with Crippen molar-refractivity contribution in [2.75, 3.05) is 11.9 Å². The van der Waals surface area contributed by atoms with Crippen LogP contribution in [0.4, 0.5) is 45.3 Å². The highest BCUT2D eigenvalue weighted by molar-refractivity contribution is 5.69. The molecule has 1 N–H and O–H groups in total. The SMILES string of the molecule is Fc1ccc(-c2c(F)cccc2C(F)(F)F)cn1.Fc1cccc(C(F)(F)F)c1-c1ccc(NCC2CCCCC2)nc1. The number of benzene rings is 2. The molecule has 0 radical (unpaired) electrons. The molecule has 0 unspecified atom stereocenters. The average Bonchev–Trinajstić information content (AvgIpc) is 2.97. The number of anilines is 1. The normalized spacial score (nSPS) is 14.2. The maximum absolute atomic E-state index is 14.0. The molecule has 2 aromatic heterocycles. The van der Waals surface area contributed by atoms with Crippen LogP contribution in [0, 0.1) is 23.5 Å². The molecule has 0 spiro atoms. The number of hydrogen-bond donors (Lipinski definition) is 1. The fourth-order valence-electron chi connectivity index (χ4n) is 4.92. The molecule has 43 heavy (non-hydrogen) atoms. The Morgan fingerprint density at radius 2 is 1.14 bits per heavy atom. The molecule has 0 atom stereocenters. The Morgan fingerprint density at radius 1 is 0.628 bits per heavy atom. The van der Waals surface area contributed by atoms with Crippen LogP contribution in [-0.4, -0.2) is 16.5 Å². The van der Waals surface area contributed by atoms with Crippen LogP contribution in [0.2, 0.25) is 0 Å². The number of alkyl halides is 6. The lowest BCUT2D eigenvalue weighted by molar-refractivity contribution is -0.138. The zero-order valence-electron chi connectivity index (χ0n) is 22.5. The third-order valence-corrected chi connectivity index (χ3v) is 7.00. The Kier molecular flexibility index (Phi) is 9.98. The minimum atomic E-state index is -4.69. The second-order valence-electron chi connectivity index (χ2n) is 10.0. The molecule has 12 heteroatoms. The lowest BCUT2D eigenvalue weighted by Gasteiger charge is -2.22. The van der Waals surface area contributed by atoms with Crippen LogP contribution in [0.5, 0.6) is 0 Å². The number of halogens is 9. The highest BCUT2D eigenvalue weighted by Crippen LogP contribution is 2.39. The molecule has 5 rings (SSSR count). The molecule has 1 aliphatic carbocycles. The third-order valence-electron chi connectivity index (χ3n) is 7.00. The van der Waals surface area contributed by atoms with Gasteiger partial charge in [-0.15, -0.1) is 0 Å². The quantitative estimate of drug-likeness (QED) is 0.180. The first kappa shape index (κ1) is 31.8. The van der Waals surface area contributed by atoms with E-state index in [4.69, 9.17) is 0 Å². The molecule has 228 valence electrons. The van der Waals surface area contributed by atoms with Crippen molar-refractivity contribution in [2.45, 2.75) is 44.5 Å². The predicted octanol–water partition coefficient (Wildman–Crippen LogP) is 9.94. The number of hydrogen-bond acceptors (Lipinski definition) is 3. The van der Waals surface area contributed by atoms with Crippen molar-refractivity contribution in [3.8, 4) is 22.3 Å². The van der Waals surface area contributed by atoms with Crippen molar-refractivity contribution >= 4 is 5.82 Å². The van der Waals surface area contributed by atoms with Gasteiger partial charge in [-0.1, -0.05) is 31.4 Å². The topological polar surface area (TPSA) is 37.8 Å². The van der Waals surface area contributed by atoms with Crippen molar-refractivity contribution in [2.24, 2.45) is 5.92 Å². The fraction of sp³-hybridized carbons (Fsp3) is 0.290. The molecule has 0 saturated heterocycles. The van der Waals surface area contributed by atoms with Crippen LogP contribution < -0.4 is 5.32 Å². The molecule has 1 fully saturated rings. The summed E-state index contributed by atoms with van der Waals surface area (Å²) in [6.07, 6.45) is -1.00. The summed E-state index contributed by atoms with van der Waals surface area (Å²) in [5.41, 5.74) is -3.19. The Balaban J connectivity index is 0.000000208. The van der Waals surface area contributed by atoms with Crippen molar-refractivity contribution in [3.05, 3.63) is 102 Å². The Bertz CT molecular complexity index is 1490. The molecular weight excluding hydrogens is 585 g/mol. The zero-order chi connectivity index (χ0) is 31.2. The standard InChI is InChI=1S/C19H20F4N2.C12H6F5N/c20-16-8-4-7-15(19(21,22)23)18(16)14-9-10-17(25-12-14)24-11-13-5-2-1-3-6-13;13-9-3-1-2-8(12(15,16)17)11(9)7-4-5-10(14)18-6-7/h4,7-10,12-13H,1-3,5-6,11H2,(H,24,25);1-6H. The van der Waals surface area contributed by atoms with E-state index in [0.717, 1.165) is 61.3 Å². The molecule has 0 aliphatic heterocycles. The lowest BCUT2D eigenvalue weighted by atomic mass is 9.89. The minimum absolute atomic E-state index is 0.119. The third kappa shape index (κ3) is 8.26. The van der Waals surface area contributed by atoms with Gasteiger partial charge in [-0.2, -0.15) is 30.7 Å². The summed E-state index contributed by atoms with van der Waals surface area (Å²) in [5.74, 6) is -1.57. The van der Waals surface area contributed by atoms with Crippen molar-refractivity contribution in [3.63, 3.8) is 0 Å². The largest absolute Gasteiger partial charge is 0.417 e. The van der Waals surface area contributed by atoms with Gasteiger partial charge in [0.1, 0.15) is 17.5 Å². The van der Waals surface area contributed by atoms with E-state index in [0.29, 0.717) is 11.7 Å². The van der Waals surface area contributed by atoms with Crippen LogP contribution in [0.1, 0.15) is 43.2 Å². The van der Waals surface area contributed by atoms with Crippen LogP contribution in [-0.2, 0) is 12.4 Å². The van der Waals surface area contributed by atoms with Gasteiger partial charge in [-0.05, 0) is 67.3 Å². The summed E-state index contributed by atoms with van der Waals surface area (Å²) in [5, 5.41) is 3.23. The van der Waals surface area contributed by atoms with Gasteiger partial charge in [-0.25, -0.2) is 18.7 Å². The zero-order valence-corrected chi connectivity index (χ0v) is 22.5. The minimum Gasteiger partial charge on any atom is -0.370 e. The van der Waals surface area contributed by atoms with E-state index in [1.807, 2.05) is 0 Å². The molecule has 1 saturated carbocycles. The number of nitrogens with one attached hydrogen (secondary N) is 1. The number of rotatable bonds is 5. The molecule has 3 nitrogen and oxygen atoms in total. The van der Waals surface area contributed by atoms with E-state index in [9.17, 15) is 39.5 Å². The first-order valence-corrected chi connectivity index (χ1v) is 13.4. The van der Waals surface area contributed by atoms with E-state index in [-0.39, 0.29) is 11.1 Å². The first-order chi connectivity index (χ1) is 20.3. The van der Waals surface area contributed by atoms with Gasteiger partial charge in [0.2, 0.25) is 5.95 Å². The molecule has 2 heterocycles. The van der Waals surface area contributed by atoms with E-state index in [2.05, 4.69) is 15.3 Å². The predicted molar refractivity (Wildman–Crippen MR) is 144 cm³/mol. The summed E-state index contributed by atoms with van der Waals surface area (Å²) in [7, 11) is 0. The fourth-order valence-corrected chi connectivity index (χ4v) is 4.92. The van der Waals surface area contributed by atoms with Gasteiger partial charge in [0.15, 0.2) is 0 Å². The van der Waals surface area contributed by atoms with Gasteiger partial charge in [0.25, 0.3) is 0 Å². The molecule has 4 aromatic rings. The first-order valence-electron chi connectivity index (χ1n) is 13.4. The van der Waals surface area contributed by atoms with E-state index < -0.39 is 52.2 Å². The Labute approximate surface area is 241 Å². The number of pyridine rings is 2. The summed E-state index contributed by atoms with van der Waals surface area (Å²) in [6, 6.07) is 10.6. The summed E-state index contributed by atoms with van der Waals surface area (Å²) in [6.45, 7) is 0.805. The molecule has 2 aromatic carbocycles. The molecule has 1 aliphatic rings. The maximum atomic E-state index is 14.0. The van der Waals surface area contributed by atoms with Crippen LogP contribution in [0.25, 0.3) is 22.3 Å². The average molecular weight is 612 g/mol. The number of aromatic nitrogens is 2. The highest BCUT2D eigenvalue weighted by atomic mass is 19.4. The van der Waals surface area contributed by atoms with Gasteiger partial charge < -0.3 is 5.32 Å². The van der Waals surface area contributed by atoms with Gasteiger partial charge in [0.05, 0.1) is 11.1 Å². The van der Waals surface area contributed by atoms with Crippen molar-refractivity contribution in [1.82, 2.24) is 9.97 Å². The summed E-state index contributed by atoms with van der Waals surface area (Å²) < 4.78 is 118. The van der Waals surface area contributed by atoms with E-state index in [1.165, 1.54) is 44.4 Å². The molecule has 0 bridgehead atoms. The summed E-state index contributed by atoms with van der Waals surface area (Å²) >= 11 is 0.